The predicted molar refractivity (Wildman–Crippen MR) is 82.1 cm³/mol. The highest BCUT2D eigenvalue weighted by Gasteiger charge is 2.26. The predicted octanol–water partition coefficient (Wildman–Crippen LogP) is 3.63. The third-order valence-electron chi connectivity index (χ3n) is 3.29. The average molecular weight is 295 g/mol. The number of carboxylic acids is 1. The van der Waals surface area contributed by atoms with Crippen LogP contribution in [0.25, 0.3) is 0 Å². The zero-order chi connectivity index (χ0) is 15.3. The molecule has 0 aromatic heterocycles. The molecule has 0 saturated carbocycles. The van der Waals surface area contributed by atoms with Crippen LogP contribution in [-0.4, -0.2) is 22.2 Å². The summed E-state index contributed by atoms with van der Waals surface area (Å²) in [6.07, 6.45) is 0.736. The van der Waals surface area contributed by atoms with Gasteiger partial charge in [-0.15, -0.1) is 11.8 Å². The van der Waals surface area contributed by atoms with Gasteiger partial charge in [-0.2, -0.15) is 0 Å². The number of para-hydroxylation sites is 1. The molecule has 5 heteroatoms. The van der Waals surface area contributed by atoms with Crippen molar-refractivity contribution >= 4 is 29.3 Å². The number of carbonyl (C=O) groups excluding carboxylic acids is 1. The van der Waals surface area contributed by atoms with Crippen molar-refractivity contribution < 1.29 is 14.7 Å². The quantitative estimate of drug-likeness (QED) is 0.787. The molecule has 1 rings (SSSR count). The van der Waals surface area contributed by atoms with Crippen LogP contribution >= 0.6 is 11.8 Å². The van der Waals surface area contributed by atoms with Crippen molar-refractivity contribution in [3.8, 4) is 0 Å². The summed E-state index contributed by atoms with van der Waals surface area (Å²) in [5.41, 5.74) is 0.216. The third kappa shape index (κ3) is 4.27. The Labute approximate surface area is 124 Å². The molecule has 1 aromatic carbocycles. The number of rotatable bonds is 6. The summed E-state index contributed by atoms with van der Waals surface area (Å²) in [5.74, 6) is -0.930. The van der Waals surface area contributed by atoms with E-state index in [2.05, 4.69) is 5.32 Å². The first-order valence-corrected chi connectivity index (χ1v) is 7.46. The normalized spacial score (nSPS) is 12.8. The maximum absolute atomic E-state index is 12.2. The maximum atomic E-state index is 12.2. The molecule has 1 aromatic rings. The third-order valence-corrected chi connectivity index (χ3v) is 4.45. The minimum Gasteiger partial charge on any atom is -0.480 e. The van der Waals surface area contributed by atoms with Crippen LogP contribution in [0.15, 0.2) is 29.2 Å². The van der Waals surface area contributed by atoms with Crippen LogP contribution in [0, 0.1) is 5.41 Å². The Morgan fingerprint density at radius 3 is 2.50 bits per heavy atom. The van der Waals surface area contributed by atoms with Gasteiger partial charge in [-0.1, -0.05) is 32.9 Å². The van der Waals surface area contributed by atoms with Crippen molar-refractivity contribution in [2.45, 2.75) is 44.3 Å². The number of anilines is 1. The number of thioether (sulfide) groups is 1. The van der Waals surface area contributed by atoms with Gasteiger partial charge < -0.3 is 10.4 Å². The molecule has 1 unspecified atom stereocenters. The summed E-state index contributed by atoms with van der Waals surface area (Å²) in [4.78, 5) is 23.9. The Morgan fingerprint density at radius 2 is 1.95 bits per heavy atom. The van der Waals surface area contributed by atoms with Gasteiger partial charge in [-0.25, -0.2) is 0 Å². The largest absolute Gasteiger partial charge is 0.480 e. The lowest BCUT2D eigenvalue weighted by Crippen LogP contribution is -2.30. The van der Waals surface area contributed by atoms with Crippen LogP contribution in [0.4, 0.5) is 5.69 Å². The number of carbonyl (C=O) groups is 2. The summed E-state index contributed by atoms with van der Waals surface area (Å²) >= 11 is 1.22. The summed E-state index contributed by atoms with van der Waals surface area (Å²) in [6.45, 7) is 7.37. The first-order valence-electron chi connectivity index (χ1n) is 6.58. The monoisotopic (exact) mass is 295 g/mol. The molecule has 0 radical (unpaired) electrons. The molecule has 0 bridgehead atoms. The molecule has 1 amide bonds. The zero-order valence-electron chi connectivity index (χ0n) is 12.3. The summed E-state index contributed by atoms with van der Waals surface area (Å²) in [6, 6.07) is 7.26. The van der Waals surface area contributed by atoms with Gasteiger partial charge in [0.25, 0.3) is 0 Å². The molecule has 110 valence electrons. The van der Waals surface area contributed by atoms with Crippen molar-refractivity contribution in [2.75, 3.05) is 5.32 Å². The van der Waals surface area contributed by atoms with Crippen LogP contribution in [0.2, 0.25) is 0 Å². The van der Waals surface area contributed by atoms with E-state index in [0.717, 1.165) is 11.3 Å². The van der Waals surface area contributed by atoms with E-state index in [-0.39, 0.29) is 5.91 Å². The highest BCUT2D eigenvalue weighted by atomic mass is 32.2. The van der Waals surface area contributed by atoms with Gasteiger partial charge in [0.1, 0.15) is 5.25 Å². The molecule has 1 atom stereocenters. The molecule has 0 heterocycles. The van der Waals surface area contributed by atoms with Crippen LogP contribution in [-0.2, 0) is 9.59 Å². The van der Waals surface area contributed by atoms with E-state index >= 15 is 0 Å². The van der Waals surface area contributed by atoms with Crippen molar-refractivity contribution in [1.29, 1.82) is 0 Å². The van der Waals surface area contributed by atoms with E-state index in [1.54, 1.807) is 13.0 Å². The van der Waals surface area contributed by atoms with Gasteiger partial charge in [0, 0.05) is 10.3 Å². The average Bonchev–Trinajstić information content (AvgIpc) is 2.40. The van der Waals surface area contributed by atoms with Crippen molar-refractivity contribution in [3.63, 3.8) is 0 Å². The van der Waals surface area contributed by atoms with E-state index < -0.39 is 16.6 Å². The van der Waals surface area contributed by atoms with E-state index in [1.165, 1.54) is 11.8 Å². The van der Waals surface area contributed by atoms with Crippen molar-refractivity contribution in [1.82, 2.24) is 0 Å². The molecule has 4 nitrogen and oxygen atoms in total. The van der Waals surface area contributed by atoms with E-state index in [0.29, 0.717) is 5.69 Å². The lowest BCUT2D eigenvalue weighted by Gasteiger charge is -2.22. The Bertz CT molecular complexity index is 500. The van der Waals surface area contributed by atoms with Crippen molar-refractivity contribution in [3.05, 3.63) is 24.3 Å². The Kier molecular flexibility index (Phi) is 5.62. The lowest BCUT2D eigenvalue weighted by molar-refractivity contribution is -0.136. The highest BCUT2D eigenvalue weighted by molar-refractivity contribution is 8.00. The molecule has 20 heavy (non-hydrogen) atoms. The van der Waals surface area contributed by atoms with Gasteiger partial charge in [0.05, 0.1) is 5.69 Å². The molecular formula is C15H21NO3S. The molecular weight excluding hydrogens is 274 g/mol. The smallest absolute Gasteiger partial charge is 0.316 e. The molecule has 0 aliphatic heterocycles. The number of hydrogen-bond donors (Lipinski definition) is 2. The fourth-order valence-electron chi connectivity index (χ4n) is 1.37. The van der Waals surface area contributed by atoms with Crippen LogP contribution in [0.1, 0.15) is 34.1 Å². The molecule has 0 aliphatic carbocycles. The zero-order valence-corrected chi connectivity index (χ0v) is 13.1. The Morgan fingerprint density at radius 1 is 1.35 bits per heavy atom. The summed E-state index contributed by atoms with van der Waals surface area (Å²) in [5, 5.41) is 11.3. The fourth-order valence-corrected chi connectivity index (χ4v) is 2.25. The van der Waals surface area contributed by atoms with Crippen LogP contribution in [0.3, 0.4) is 0 Å². The van der Waals surface area contributed by atoms with Gasteiger partial charge in [-0.05, 0) is 25.5 Å². The fraction of sp³-hybridized carbons (Fsp3) is 0.467. The molecule has 0 saturated heterocycles. The second-order valence-electron chi connectivity index (χ2n) is 5.29. The van der Waals surface area contributed by atoms with Crippen LogP contribution in [0.5, 0.6) is 0 Å². The molecule has 0 aliphatic rings. The number of aliphatic carboxylic acids is 1. The van der Waals surface area contributed by atoms with Gasteiger partial charge >= 0.3 is 5.97 Å². The van der Waals surface area contributed by atoms with E-state index in [1.807, 2.05) is 39.0 Å². The summed E-state index contributed by atoms with van der Waals surface area (Å²) < 4.78 is 0. The number of carboxylic acid groups (broad SMARTS) is 1. The number of nitrogens with one attached hydrogen (secondary N) is 1. The molecule has 2 N–H and O–H groups in total. The maximum Gasteiger partial charge on any atom is 0.316 e. The van der Waals surface area contributed by atoms with E-state index in [4.69, 9.17) is 5.11 Å². The van der Waals surface area contributed by atoms with Gasteiger partial charge in [0.15, 0.2) is 0 Å². The highest BCUT2D eigenvalue weighted by Crippen LogP contribution is 2.32. The minimum absolute atomic E-state index is 0.0592. The van der Waals surface area contributed by atoms with Gasteiger partial charge in [0.2, 0.25) is 5.91 Å². The Hall–Kier alpha value is -1.49. The second kappa shape index (κ2) is 6.79. The number of benzene rings is 1. The van der Waals surface area contributed by atoms with Crippen molar-refractivity contribution in [2.24, 2.45) is 5.41 Å². The number of amides is 1. The minimum atomic E-state index is -0.870. The van der Waals surface area contributed by atoms with Crippen LogP contribution < -0.4 is 5.32 Å². The van der Waals surface area contributed by atoms with E-state index in [9.17, 15) is 9.59 Å². The first kappa shape index (κ1) is 16.6. The topological polar surface area (TPSA) is 66.4 Å². The van der Waals surface area contributed by atoms with Gasteiger partial charge in [-0.3, -0.25) is 9.59 Å². The summed E-state index contributed by atoms with van der Waals surface area (Å²) in [7, 11) is 0. The second-order valence-corrected chi connectivity index (χ2v) is 6.67. The SMILES string of the molecule is CCC(C)(C)C(=O)Nc1ccccc1SC(C)C(=O)O. The molecule has 0 fully saturated rings. The Balaban J connectivity index is 2.91. The number of hydrogen-bond acceptors (Lipinski definition) is 3. The molecule has 0 spiro atoms. The first-order chi connectivity index (χ1) is 9.27. The standard InChI is InChI=1S/C15H21NO3S/c1-5-15(3,4)14(19)16-11-8-6-7-9-12(11)20-10(2)13(17)18/h6-10H,5H2,1-4H3,(H,16,19)(H,17,18). The lowest BCUT2D eigenvalue weighted by atomic mass is 9.89.